The number of nitro benzene ring substituents is 1. The van der Waals surface area contributed by atoms with E-state index < -0.39 is 4.92 Å². The lowest BCUT2D eigenvalue weighted by Gasteiger charge is -2.34. The first-order valence-electron chi connectivity index (χ1n) is 6.25. The number of benzene rings is 1. The molecule has 6 nitrogen and oxygen atoms in total. The van der Waals surface area contributed by atoms with Crippen LogP contribution in [-0.2, 0) is 4.74 Å². The van der Waals surface area contributed by atoms with Gasteiger partial charge in [0.15, 0.2) is 0 Å². The van der Waals surface area contributed by atoms with Crippen LogP contribution in [0.2, 0.25) is 5.02 Å². The summed E-state index contributed by atoms with van der Waals surface area (Å²) < 4.78 is 5.27. The highest BCUT2D eigenvalue weighted by Crippen LogP contribution is 2.25. The average Bonchev–Trinajstić information content (AvgIpc) is 2.38. The van der Waals surface area contributed by atoms with Crippen molar-refractivity contribution in [1.29, 1.82) is 0 Å². The summed E-state index contributed by atoms with van der Waals surface area (Å²) in [6, 6.07) is 3.83. The molecule has 1 N–H and O–H groups in total. The fourth-order valence-electron chi connectivity index (χ4n) is 2.09. The molecule has 1 saturated heterocycles. The molecule has 1 aromatic rings. The molecule has 1 aliphatic rings. The zero-order valence-electron chi connectivity index (χ0n) is 11.0. The van der Waals surface area contributed by atoms with E-state index in [9.17, 15) is 14.9 Å². The fourth-order valence-corrected chi connectivity index (χ4v) is 2.35. The number of non-ortho nitro benzene ring substituents is 1. The highest BCUT2D eigenvalue weighted by Gasteiger charge is 2.30. The summed E-state index contributed by atoms with van der Waals surface area (Å²) in [4.78, 5) is 22.3. The number of hydrogen-bond acceptors (Lipinski definition) is 4. The Labute approximate surface area is 121 Å². The van der Waals surface area contributed by atoms with Gasteiger partial charge in [0, 0.05) is 30.9 Å². The molecule has 7 heteroatoms. The van der Waals surface area contributed by atoms with Crippen molar-refractivity contribution in [3.63, 3.8) is 0 Å². The third-order valence-corrected chi connectivity index (χ3v) is 3.73. The van der Waals surface area contributed by atoms with Gasteiger partial charge in [0.05, 0.1) is 15.5 Å². The Balaban J connectivity index is 2.15. The number of carbonyl (C=O) groups excluding carboxylic acids is 1. The van der Waals surface area contributed by atoms with Gasteiger partial charge in [0.2, 0.25) is 0 Å². The van der Waals surface area contributed by atoms with Crippen LogP contribution >= 0.6 is 11.6 Å². The van der Waals surface area contributed by atoms with Crippen LogP contribution in [0.4, 0.5) is 5.69 Å². The average molecular weight is 299 g/mol. The molecule has 0 bridgehead atoms. The Bertz CT molecular complexity index is 541. The van der Waals surface area contributed by atoms with Crippen molar-refractivity contribution >= 4 is 23.2 Å². The quantitative estimate of drug-likeness (QED) is 0.687. The molecule has 0 unspecified atom stereocenters. The van der Waals surface area contributed by atoms with Gasteiger partial charge in [-0.25, -0.2) is 0 Å². The van der Waals surface area contributed by atoms with E-state index in [-0.39, 0.29) is 27.7 Å². The third-order valence-electron chi connectivity index (χ3n) is 3.42. The Morgan fingerprint density at radius 1 is 1.45 bits per heavy atom. The van der Waals surface area contributed by atoms with E-state index in [0.29, 0.717) is 13.2 Å². The van der Waals surface area contributed by atoms with E-state index in [1.165, 1.54) is 18.2 Å². The van der Waals surface area contributed by atoms with Crippen molar-refractivity contribution in [3.8, 4) is 0 Å². The summed E-state index contributed by atoms with van der Waals surface area (Å²) in [6.07, 6.45) is 1.45. The largest absolute Gasteiger partial charge is 0.381 e. The molecule has 0 saturated carbocycles. The van der Waals surface area contributed by atoms with Gasteiger partial charge >= 0.3 is 0 Å². The molecular weight excluding hydrogens is 284 g/mol. The molecule has 0 aliphatic carbocycles. The predicted octanol–water partition coefficient (Wildman–Crippen LogP) is 2.55. The number of nitrogens with zero attached hydrogens (tertiary/aromatic N) is 1. The molecule has 0 radical (unpaired) electrons. The lowest BCUT2D eigenvalue weighted by molar-refractivity contribution is -0.384. The molecule has 20 heavy (non-hydrogen) atoms. The summed E-state index contributed by atoms with van der Waals surface area (Å²) in [5.74, 6) is -0.325. The minimum Gasteiger partial charge on any atom is -0.381 e. The number of halogens is 1. The molecule has 0 aromatic heterocycles. The lowest BCUT2D eigenvalue weighted by atomic mass is 9.92. The Morgan fingerprint density at radius 3 is 2.65 bits per heavy atom. The van der Waals surface area contributed by atoms with Crippen molar-refractivity contribution in [2.75, 3.05) is 13.2 Å². The van der Waals surface area contributed by atoms with Gasteiger partial charge in [-0.05, 0) is 25.8 Å². The first-order valence-corrected chi connectivity index (χ1v) is 6.63. The normalized spacial score (nSPS) is 17.5. The standard InChI is InChI=1S/C13H15ClN2O4/c1-13(4-6-20-7-5-13)15-12(17)10-3-2-9(16(18)19)8-11(10)14/h2-3,8H,4-7H2,1H3,(H,15,17). The fraction of sp³-hybridized carbons (Fsp3) is 0.462. The van der Waals surface area contributed by atoms with Crippen molar-refractivity contribution in [2.24, 2.45) is 0 Å². The Hall–Kier alpha value is -1.66. The topological polar surface area (TPSA) is 81.5 Å². The maximum Gasteiger partial charge on any atom is 0.270 e. The highest BCUT2D eigenvalue weighted by atomic mass is 35.5. The van der Waals surface area contributed by atoms with Crippen LogP contribution in [0.5, 0.6) is 0 Å². The molecule has 108 valence electrons. The SMILES string of the molecule is CC1(NC(=O)c2ccc([N+](=O)[O-])cc2Cl)CCOCC1. The molecule has 1 aliphatic heterocycles. The van der Waals surface area contributed by atoms with Gasteiger partial charge in [-0.1, -0.05) is 11.6 Å². The second kappa shape index (κ2) is 5.76. The van der Waals surface area contributed by atoms with Crippen LogP contribution in [0.15, 0.2) is 18.2 Å². The van der Waals surface area contributed by atoms with Crippen LogP contribution in [0.25, 0.3) is 0 Å². The van der Waals surface area contributed by atoms with E-state index in [4.69, 9.17) is 16.3 Å². The van der Waals surface area contributed by atoms with E-state index in [1.54, 1.807) is 0 Å². The number of rotatable bonds is 3. The summed E-state index contributed by atoms with van der Waals surface area (Å²) in [5, 5.41) is 13.6. The minimum absolute atomic E-state index is 0.0763. The van der Waals surface area contributed by atoms with Crippen LogP contribution in [0.3, 0.4) is 0 Å². The summed E-state index contributed by atoms with van der Waals surface area (Å²) in [5.41, 5.74) is -0.228. The molecule has 1 amide bonds. The number of nitrogens with one attached hydrogen (secondary N) is 1. The molecule has 1 heterocycles. The molecular formula is C13H15ClN2O4. The maximum atomic E-state index is 12.2. The summed E-state index contributed by atoms with van der Waals surface area (Å²) in [7, 11) is 0. The van der Waals surface area contributed by atoms with Crippen LogP contribution in [-0.4, -0.2) is 29.6 Å². The van der Waals surface area contributed by atoms with Crippen molar-refractivity contribution in [1.82, 2.24) is 5.32 Å². The van der Waals surface area contributed by atoms with E-state index >= 15 is 0 Å². The molecule has 1 aromatic carbocycles. The van der Waals surface area contributed by atoms with E-state index in [0.717, 1.165) is 12.8 Å². The van der Waals surface area contributed by atoms with Gasteiger partial charge < -0.3 is 10.1 Å². The van der Waals surface area contributed by atoms with Crippen molar-refractivity contribution in [2.45, 2.75) is 25.3 Å². The highest BCUT2D eigenvalue weighted by molar-refractivity contribution is 6.34. The zero-order valence-corrected chi connectivity index (χ0v) is 11.8. The van der Waals surface area contributed by atoms with E-state index in [2.05, 4.69) is 5.32 Å². The summed E-state index contributed by atoms with van der Waals surface area (Å²) >= 11 is 5.94. The smallest absolute Gasteiger partial charge is 0.270 e. The van der Waals surface area contributed by atoms with Gasteiger partial charge in [-0.3, -0.25) is 14.9 Å². The van der Waals surface area contributed by atoms with Gasteiger partial charge in [0.25, 0.3) is 11.6 Å². The number of carbonyl (C=O) groups is 1. The number of hydrogen-bond donors (Lipinski definition) is 1. The second-order valence-corrected chi connectivity index (χ2v) is 5.46. The van der Waals surface area contributed by atoms with Crippen LogP contribution in [0.1, 0.15) is 30.1 Å². The minimum atomic E-state index is -0.548. The molecule has 0 spiro atoms. The van der Waals surface area contributed by atoms with Crippen molar-refractivity contribution in [3.05, 3.63) is 38.9 Å². The lowest BCUT2D eigenvalue weighted by Crippen LogP contribution is -2.49. The van der Waals surface area contributed by atoms with Gasteiger partial charge in [-0.15, -0.1) is 0 Å². The van der Waals surface area contributed by atoms with Crippen molar-refractivity contribution < 1.29 is 14.5 Å². The maximum absolute atomic E-state index is 12.2. The third kappa shape index (κ3) is 3.26. The number of ether oxygens (including phenoxy) is 1. The monoisotopic (exact) mass is 298 g/mol. The predicted molar refractivity (Wildman–Crippen MR) is 74.0 cm³/mol. The first kappa shape index (κ1) is 14.7. The Kier molecular flexibility index (Phi) is 4.25. The number of nitro groups is 1. The Morgan fingerprint density at radius 2 is 2.10 bits per heavy atom. The van der Waals surface area contributed by atoms with Gasteiger partial charge in [-0.2, -0.15) is 0 Å². The molecule has 0 atom stereocenters. The van der Waals surface area contributed by atoms with Crippen LogP contribution < -0.4 is 5.32 Å². The first-order chi connectivity index (χ1) is 9.41. The second-order valence-electron chi connectivity index (χ2n) is 5.05. The van der Waals surface area contributed by atoms with E-state index in [1.807, 2.05) is 6.92 Å². The van der Waals surface area contributed by atoms with Crippen LogP contribution in [0, 0.1) is 10.1 Å². The van der Waals surface area contributed by atoms with Gasteiger partial charge in [0.1, 0.15) is 0 Å². The zero-order chi connectivity index (χ0) is 14.8. The summed E-state index contributed by atoms with van der Waals surface area (Å²) in [6.45, 7) is 3.16. The number of amides is 1. The molecule has 1 fully saturated rings. The molecule has 2 rings (SSSR count).